The number of aliphatic hydroxyl groups is 1. The minimum Gasteiger partial charge on any atom is -0.491 e. The predicted octanol–water partition coefficient (Wildman–Crippen LogP) is 2.54. The Hall–Kier alpha value is -3.06. The quantitative estimate of drug-likeness (QED) is 0.382. The zero-order valence-electron chi connectivity index (χ0n) is 23.4. The highest BCUT2D eigenvalue weighted by molar-refractivity contribution is 7.88. The van der Waals surface area contributed by atoms with Crippen LogP contribution in [0.25, 0.3) is 22.6 Å². The summed E-state index contributed by atoms with van der Waals surface area (Å²) in [5.41, 5.74) is 3.91. The lowest BCUT2D eigenvalue weighted by molar-refractivity contribution is 0.108. The van der Waals surface area contributed by atoms with Gasteiger partial charge in [0.05, 0.1) is 23.2 Å². The first-order valence-corrected chi connectivity index (χ1v) is 14.9. The van der Waals surface area contributed by atoms with Gasteiger partial charge in [0.25, 0.3) is 0 Å². The smallest absolute Gasteiger partial charge is 0.211 e. The minimum absolute atomic E-state index is 0.150. The molecule has 0 saturated carbocycles. The van der Waals surface area contributed by atoms with Gasteiger partial charge in [-0.15, -0.1) is 0 Å². The van der Waals surface area contributed by atoms with E-state index in [0.29, 0.717) is 30.4 Å². The Morgan fingerprint density at radius 2 is 2.05 bits per heavy atom. The number of benzene rings is 1. The fourth-order valence-electron chi connectivity index (χ4n) is 4.93. The molecular weight excluding hydrogens is 520 g/mol. The molecule has 3 heterocycles. The number of aliphatic hydroxyl groups excluding tert-OH is 1. The Bertz CT molecular complexity index is 1390. The van der Waals surface area contributed by atoms with Crippen LogP contribution < -0.4 is 15.0 Å². The van der Waals surface area contributed by atoms with Gasteiger partial charge in [0.2, 0.25) is 10.0 Å². The molecule has 1 aliphatic heterocycles. The zero-order valence-corrected chi connectivity index (χ0v) is 24.2. The predicted molar refractivity (Wildman–Crippen MR) is 150 cm³/mol. The third-order valence-corrected chi connectivity index (χ3v) is 8.44. The first kappa shape index (κ1) is 28.9. The monoisotopic (exact) mass is 558 g/mol. The Morgan fingerprint density at radius 1 is 1.28 bits per heavy atom. The van der Waals surface area contributed by atoms with Crippen LogP contribution in [0.2, 0.25) is 0 Å². The Labute approximate surface area is 230 Å². The number of hydrogen-bond acceptors (Lipinski definition) is 10. The summed E-state index contributed by atoms with van der Waals surface area (Å²) in [6.45, 7) is 7.57. The zero-order chi connectivity index (χ0) is 28.3. The summed E-state index contributed by atoms with van der Waals surface area (Å²) < 4.78 is 37.3. The van der Waals surface area contributed by atoms with E-state index in [1.807, 2.05) is 45.0 Å². The molecule has 0 spiro atoms. The molecule has 2 atom stereocenters. The van der Waals surface area contributed by atoms with Crippen LogP contribution in [-0.2, 0) is 10.0 Å². The fraction of sp³-hybridized carbons (Fsp3) is 0.519. The van der Waals surface area contributed by atoms with Gasteiger partial charge in [0.15, 0.2) is 5.82 Å². The van der Waals surface area contributed by atoms with Gasteiger partial charge in [-0.25, -0.2) is 22.7 Å². The lowest BCUT2D eigenvalue weighted by atomic mass is 10.0. The molecule has 1 unspecified atom stereocenters. The van der Waals surface area contributed by atoms with Crippen molar-refractivity contribution in [3.05, 3.63) is 41.3 Å². The number of sulfonamides is 1. The van der Waals surface area contributed by atoms with E-state index in [9.17, 15) is 13.5 Å². The molecule has 0 amide bonds. The third-order valence-electron chi connectivity index (χ3n) is 7.10. The highest BCUT2D eigenvalue weighted by Crippen LogP contribution is 2.36. The van der Waals surface area contributed by atoms with Crippen molar-refractivity contribution in [2.75, 3.05) is 51.5 Å². The second-order valence-electron chi connectivity index (χ2n) is 10.1. The van der Waals surface area contributed by atoms with Gasteiger partial charge >= 0.3 is 0 Å². The van der Waals surface area contributed by atoms with Crippen molar-refractivity contribution in [3.8, 4) is 28.4 Å². The molecule has 12 heteroatoms. The molecular formula is C27H38N6O5S. The van der Waals surface area contributed by atoms with E-state index in [0.717, 1.165) is 53.3 Å². The molecule has 0 bridgehead atoms. The largest absolute Gasteiger partial charge is 0.491 e. The van der Waals surface area contributed by atoms with E-state index in [1.165, 1.54) is 10.6 Å². The van der Waals surface area contributed by atoms with Crippen LogP contribution in [0.15, 0.2) is 28.8 Å². The number of nitrogens with one attached hydrogen (secondary N) is 1. The summed E-state index contributed by atoms with van der Waals surface area (Å²) in [4.78, 5) is 12.1. The first-order chi connectivity index (χ1) is 18.5. The number of ether oxygens (including phenoxy) is 1. The SMILES string of the molecule is CNCC(O)COc1cccc(-c2nc(-c3c(C)noc3C)c(C)c(N3CCC[C@@H](N(C)S(C)(=O)=O)C3)n2)c1. The number of aromatic nitrogens is 3. The number of likely N-dealkylation sites (N-methyl/N-ethyl adjacent to an activating group) is 2. The van der Waals surface area contributed by atoms with E-state index >= 15 is 0 Å². The number of aryl methyl sites for hydroxylation is 2. The number of nitrogens with zero attached hydrogens (tertiary/aromatic N) is 5. The molecule has 1 aliphatic rings. The number of piperidine rings is 1. The van der Waals surface area contributed by atoms with Crippen LogP contribution in [0.5, 0.6) is 5.75 Å². The highest BCUT2D eigenvalue weighted by atomic mass is 32.2. The average Bonchev–Trinajstić information content (AvgIpc) is 3.24. The van der Waals surface area contributed by atoms with Crippen molar-refractivity contribution in [1.29, 1.82) is 0 Å². The normalized spacial score (nSPS) is 17.0. The molecule has 1 saturated heterocycles. The summed E-state index contributed by atoms with van der Waals surface area (Å²) in [6.07, 6.45) is 2.22. The average molecular weight is 559 g/mol. The van der Waals surface area contributed by atoms with Crippen LogP contribution in [0.4, 0.5) is 5.82 Å². The summed E-state index contributed by atoms with van der Waals surface area (Å²) in [5, 5.41) is 17.1. The van der Waals surface area contributed by atoms with Gasteiger partial charge < -0.3 is 24.6 Å². The van der Waals surface area contributed by atoms with Crippen molar-refractivity contribution in [3.63, 3.8) is 0 Å². The number of rotatable bonds is 10. The molecule has 0 aliphatic carbocycles. The Kier molecular flexibility index (Phi) is 8.90. The van der Waals surface area contributed by atoms with E-state index in [-0.39, 0.29) is 12.6 Å². The summed E-state index contributed by atoms with van der Waals surface area (Å²) in [5.74, 6) is 2.51. The van der Waals surface area contributed by atoms with E-state index in [4.69, 9.17) is 19.2 Å². The molecule has 212 valence electrons. The van der Waals surface area contributed by atoms with Crippen molar-refractivity contribution < 1.29 is 22.8 Å². The highest BCUT2D eigenvalue weighted by Gasteiger charge is 2.31. The van der Waals surface area contributed by atoms with Crippen molar-refractivity contribution >= 4 is 15.8 Å². The van der Waals surface area contributed by atoms with Gasteiger partial charge in [-0.2, -0.15) is 0 Å². The summed E-state index contributed by atoms with van der Waals surface area (Å²) in [6, 6.07) is 7.31. The summed E-state index contributed by atoms with van der Waals surface area (Å²) in [7, 11) is 0.0824. The van der Waals surface area contributed by atoms with E-state index in [2.05, 4.69) is 15.4 Å². The number of hydrogen-bond donors (Lipinski definition) is 2. The minimum atomic E-state index is -3.33. The number of anilines is 1. The maximum absolute atomic E-state index is 12.3. The molecule has 1 fully saturated rings. The summed E-state index contributed by atoms with van der Waals surface area (Å²) >= 11 is 0. The lowest BCUT2D eigenvalue weighted by Gasteiger charge is -2.38. The van der Waals surface area contributed by atoms with Crippen molar-refractivity contribution in [1.82, 2.24) is 24.7 Å². The molecule has 4 rings (SSSR count). The van der Waals surface area contributed by atoms with Crippen LogP contribution in [0, 0.1) is 20.8 Å². The van der Waals surface area contributed by atoms with Crippen LogP contribution in [0.1, 0.15) is 29.9 Å². The maximum Gasteiger partial charge on any atom is 0.211 e. The van der Waals surface area contributed by atoms with Gasteiger partial charge in [-0.3, -0.25) is 0 Å². The van der Waals surface area contributed by atoms with Crippen LogP contribution >= 0.6 is 0 Å². The fourth-order valence-corrected chi connectivity index (χ4v) is 5.65. The lowest BCUT2D eigenvalue weighted by Crippen LogP contribution is -2.48. The molecule has 0 radical (unpaired) electrons. The first-order valence-electron chi connectivity index (χ1n) is 13.0. The van der Waals surface area contributed by atoms with Gasteiger partial charge in [-0.05, 0) is 52.8 Å². The molecule has 2 aromatic heterocycles. The second-order valence-corrected chi connectivity index (χ2v) is 12.2. The molecule has 2 N–H and O–H groups in total. The van der Waals surface area contributed by atoms with Crippen LogP contribution in [0.3, 0.4) is 0 Å². The third kappa shape index (κ3) is 6.57. The maximum atomic E-state index is 12.3. The van der Waals surface area contributed by atoms with E-state index in [1.54, 1.807) is 14.1 Å². The molecule has 39 heavy (non-hydrogen) atoms. The molecule has 1 aromatic carbocycles. The van der Waals surface area contributed by atoms with Gasteiger partial charge in [0, 0.05) is 43.9 Å². The van der Waals surface area contributed by atoms with Crippen molar-refractivity contribution in [2.24, 2.45) is 0 Å². The molecule has 3 aromatic rings. The standard InChI is InChI=1S/C27H38N6O5S/c1-17-25(24-18(2)31-38-19(24)3)29-26(20-9-7-11-23(13-20)37-16-22(34)14-28-4)30-27(17)33-12-8-10-21(15-33)32(5)39(6,35)36/h7,9,11,13,21-22,28,34H,8,10,12,14-16H2,1-6H3/t21-,22?/m1/s1. The van der Waals surface area contributed by atoms with E-state index < -0.39 is 16.1 Å². The van der Waals surface area contributed by atoms with Gasteiger partial charge in [0.1, 0.15) is 30.0 Å². The van der Waals surface area contributed by atoms with Crippen LogP contribution in [-0.4, -0.2) is 91.7 Å². The molecule has 11 nitrogen and oxygen atoms in total. The van der Waals surface area contributed by atoms with Gasteiger partial charge in [-0.1, -0.05) is 17.3 Å². The van der Waals surface area contributed by atoms with Crippen molar-refractivity contribution in [2.45, 2.75) is 45.8 Å². The second kappa shape index (κ2) is 12.0. The Morgan fingerprint density at radius 3 is 2.72 bits per heavy atom. The Balaban J connectivity index is 1.77. The topological polar surface area (TPSA) is 134 Å².